The van der Waals surface area contributed by atoms with Gasteiger partial charge in [0.25, 0.3) is 5.91 Å². The van der Waals surface area contributed by atoms with Gasteiger partial charge in [0.15, 0.2) is 0 Å². The van der Waals surface area contributed by atoms with E-state index in [1.54, 1.807) is 35.2 Å². The van der Waals surface area contributed by atoms with Gasteiger partial charge in [0.05, 0.1) is 11.3 Å². The predicted octanol–water partition coefficient (Wildman–Crippen LogP) is 1.82. The molecule has 1 amide bonds. The normalized spacial score (nSPS) is 15.5. The minimum absolute atomic E-state index is 0.0551. The van der Waals surface area contributed by atoms with Crippen LogP contribution in [0.15, 0.2) is 65.5 Å². The molecule has 1 N–H and O–H groups in total. The molecule has 0 saturated carbocycles. The Bertz CT molecular complexity index is 1200. The second-order valence-electron chi connectivity index (χ2n) is 7.03. The molecule has 2 aromatic carbocycles. The van der Waals surface area contributed by atoms with Gasteiger partial charge in [0.1, 0.15) is 0 Å². The Labute approximate surface area is 168 Å². The Balaban J connectivity index is 1.49. The molecule has 0 atom stereocenters. The van der Waals surface area contributed by atoms with Crippen molar-refractivity contribution >= 4 is 26.8 Å². The summed E-state index contributed by atoms with van der Waals surface area (Å²) in [5.41, 5.74) is 1.34. The Morgan fingerprint density at radius 1 is 0.931 bits per heavy atom. The maximum Gasteiger partial charge on any atom is 0.254 e. The Hall–Kier alpha value is -2.97. The van der Waals surface area contributed by atoms with Gasteiger partial charge in [-0.25, -0.2) is 8.42 Å². The van der Waals surface area contributed by atoms with Gasteiger partial charge in [-0.05, 0) is 11.6 Å². The molecule has 7 nitrogen and oxygen atoms in total. The number of rotatable bonds is 4. The number of piperazine rings is 1. The van der Waals surface area contributed by atoms with E-state index in [0.29, 0.717) is 16.5 Å². The summed E-state index contributed by atoms with van der Waals surface area (Å²) >= 11 is 0. The van der Waals surface area contributed by atoms with Gasteiger partial charge >= 0.3 is 0 Å². The maximum absolute atomic E-state index is 13.0. The lowest BCUT2D eigenvalue weighted by molar-refractivity contribution is 0.0699. The Kier molecular flexibility index (Phi) is 5.21. The average Bonchev–Trinajstić information content (AvgIpc) is 2.73. The van der Waals surface area contributed by atoms with Crippen molar-refractivity contribution in [1.82, 2.24) is 14.2 Å². The van der Waals surface area contributed by atoms with Gasteiger partial charge < -0.3 is 9.88 Å². The van der Waals surface area contributed by atoms with E-state index in [4.69, 9.17) is 0 Å². The van der Waals surface area contributed by atoms with Gasteiger partial charge in [-0.15, -0.1) is 0 Å². The highest BCUT2D eigenvalue weighted by molar-refractivity contribution is 7.88. The lowest BCUT2D eigenvalue weighted by atomic mass is 10.1. The summed E-state index contributed by atoms with van der Waals surface area (Å²) in [6.07, 6.45) is 0. The lowest BCUT2D eigenvalue weighted by Gasteiger charge is -2.34. The topological polar surface area (TPSA) is 90.6 Å². The third-order valence-corrected chi connectivity index (χ3v) is 6.94. The van der Waals surface area contributed by atoms with Crippen LogP contribution in [0, 0.1) is 0 Å². The number of hydrogen-bond donors (Lipinski definition) is 1. The monoisotopic (exact) mass is 411 g/mol. The van der Waals surface area contributed by atoms with Gasteiger partial charge in [0.2, 0.25) is 15.6 Å². The molecule has 0 spiro atoms. The zero-order valence-electron chi connectivity index (χ0n) is 15.7. The van der Waals surface area contributed by atoms with Crippen LogP contribution in [-0.2, 0) is 15.8 Å². The number of carbonyl (C=O) groups excluding carboxylic acids is 1. The van der Waals surface area contributed by atoms with Crippen LogP contribution in [-0.4, -0.2) is 54.7 Å². The molecule has 0 aliphatic carbocycles. The minimum Gasteiger partial charge on any atom is -0.336 e. The summed E-state index contributed by atoms with van der Waals surface area (Å²) in [5, 5.41) is 0.677. The molecule has 1 saturated heterocycles. The zero-order chi connectivity index (χ0) is 20.4. The van der Waals surface area contributed by atoms with Crippen molar-refractivity contribution in [1.29, 1.82) is 0 Å². The van der Waals surface area contributed by atoms with E-state index in [1.165, 1.54) is 10.4 Å². The van der Waals surface area contributed by atoms with Crippen molar-refractivity contribution < 1.29 is 13.2 Å². The van der Waals surface area contributed by atoms with Crippen molar-refractivity contribution in [3.8, 4) is 0 Å². The van der Waals surface area contributed by atoms with E-state index < -0.39 is 10.0 Å². The minimum atomic E-state index is -3.45. The van der Waals surface area contributed by atoms with E-state index in [9.17, 15) is 18.0 Å². The first-order valence-corrected chi connectivity index (χ1v) is 11.0. The number of H-pyrrole nitrogens is 1. The molecule has 0 unspecified atom stereocenters. The number of nitrogens with one attached hydrogen (secondary N) is 1. The molecule has 0 radical (unpaired) electrons. The van der Waals surface area contributed by atoms with E-state index in [0.717, 1.165) is 5.56 Å². The number of fused-ring (bicyclic) bond motifs is 1. The van der Waals surface area contributed by atoms with Gasteiger partial charge in [0, 0.05) is 43.1 Å². The van der Waals surface area contributed by atoms with E-state index in [2.05, 4.69) is 4.98 Å². The molecular weight excluding hydrogens is 390 g/mol. The molecule has 4 rings (SSSR count). The summed E-state index contributed by atoms with van der Waals surface area (Å²) in [5.74, 6) is -0.312. The molecule has 8 heteroatoms. The SMILES string of the molecule is O=C(c1cc(=O)[nH]c2ccccc12)N1CCN(S(=O)(=O)Cc2ccccc2)CC1. The maximum atomic E-state index is 13.0. The standard InChI is InChI=1S/C21H21N3O4S/c25-20-14-18(17-8-4-5-9-19(17)22-20)21(26)23-10-12-24(13-11-23)29(27,28)15-16-6-2-1-3-7-16/h1-9,14H,10-13,15H2,(H,22,25). The first-order chi connectivity index (χ1) is 13.9. The van der Waals surface area contributed by atoms with Crippen molar-refractivity contribution in [3.05, 3.63) is 82.1 Å². The number of aromatic amines is 1. The van der Waals surface area contributed by atoms with Crippen LogP contribution in [0.4, 0.5) is 0 Å². The number of amides is 1. The quantitative estimate of drug-likeness (QED) is 0.709. The highest BCUT2D eigenvalue weighted by Crippen LogP contribution is 2.19. The molecular formula is C21H21N3O4S. The number of pyridine rings is 1. The fraction of sp³-hybridized carbons (Fsp3) is 0.238. The number of benzene rings is 2. The molecule has 150 valence electrons. The number of carbonyl (C=O) groups is 1. The largest absolute Gasteiger partial charge is 0.336 e. The number of sulfonamides is 1. The van der Waals surface area contributed by atoms with Gasteiger partial charge in [-0.2, -0.15) is 4.31 Å². The molecule has 0 bridgehead atoms. The van der Waals surface area contributed by atoms with Crippen molar-refractivity contribution in [3.63, 3.8) is 0 Å². The lowest BCUT2D eigenvalue weighted by Crippen LogP contribution is -2.50. The number of hydrogen-bond acceptors (Lipinski definition) is 4. The fourth-order valence-corrected chi connectivity index (χ4v) is 5.11. The van der Waals surface area contributed by atoms with Crippen LogP contribution in [0.5, 0.6) is 0 Å². The Morgan fingerprint density at radius 2 is 1.59 bits per heavy atom. The van der Waals surface area contributed by atoms with E-state index in [1.807, 2.05) is 24.3 Å². The number of aromatic nitrogens is 1. The second kappa shape index (κ2) is 7.81. The van der Waals surface area contributed by atoms with Crippen LogP contribution < -0.4 is 5.56 Å². The molecule has 1 aliphatic heterocycles. The van der Waals surface area contributed by atoms with Crippen LogP contribution >= 0.6 is 0 Å². The van der Waals surface area contributed by atoms with Crippen molar-refractivity contribution in [2.24, 2.45) is 0 Å². The molecule has 2 heterocycles. The second-order valence-corrected chi connectivity index (χ2v) is 8.99. The first kappa shape index (κ1) is 19.4. The third-order valence-electron chi connectivity index (χ3n) is 5.09. The zero-order valence-corrected chi connectivity index (χ0v) is 16.6. The molecule has 1 fully saturated rings. The first-order valence-electron chi connectivity index (χ1n) is 9.37. The van der Waals surface area contributed by atoms with Crippen LogP contribution in [0.1, 0.15) is 15.9 Å². The number of nitrogens with zero attached hydrogens (tertiary/aromatic N) is 2. The molecule has 29 heavy (non-hydrogen) atoms. The highest BCUT2D eigenvalue weighted by Gasteiger charge is 2.30. The summed E-state index contributed by atoms with van der Waals surface area (Å²) in [4.78, 5) is 29.3. The van der Waals surface area contributed by atoms with Crippen molar-refractivity contribution in [2.45, 2.75) is 5.75 Å². The van der Waals surface area contributed by atoms with E-state index in [-0.39, 0.29) is 43.4 Å². The van der Waals surface area contributed by atoms with Crippen LogP contribution in [0.3, 0.4) is 0 Å². The number of para-hydroxylation sites is 1. The van der Waals surface area contributed by atoms with E-state index >= 15 is 0 Å². The molecule has 3 aromatic rings. The molecule has 1 aromatic heterocycles. The summed E-state index contributed by atoms with van der Waals surface area (Å²) in [6, 6.07) is 17.5. The average molecular weight is 411 g/mol. The third kappa shape index (κ3) is 4.08. The smallest absolute Gasteiger partial charge is 0.254 e. The highest BCUT2D eigenvalue weighted by atomic mass is 32.2. The van der Waals surface area contributed by atoms with Crippen LogP contribution in [0.25, 0.3) is 10.9 Å². The van der Waals surface area contributed by atoms with Crippen molar-refractivity contribution in [2.75, 3.05) is 26.2 Å². The van der Waals surface area contributed by atoms with Crippen LogP contribution in [0.2, 0.25) is 0 Å². The summed E-state index contributed by atoms with van der Waals surface area (Å²) in [7, 11) is -3.45. The fourth-order valence-electron chi connectivity index (χ4n) is 3.60. The van der Waals surface area contributed by atoms with Gasteiger partial charge in [-0.3, -0.25) is 9.59 Å². The Morgan fingerprint density at radius 3 is 2.31 bits per heavy atom. The molecule has 1 aliphatic rings. The summed E-state index contributed by atoms with van der Waals surface area (Å²) < 4.78 is 26.8. The van der Waals surface area contributed by atoms with Gasteiger partial charge in [-0.1, -0.05) is 48.5 Å². The summed E-state index contributed by atoms with van der Waals surface area (Å²) in [6.45, 7) is 1.05. The predicted molar refractivity (Wildman–Crippen MR) is 111 cm³/mol.